The standard InChI is InChI=1S/C30H27N2S2/c1-4-32-28(33-25-16-14-22-11-7-9-13-24(22)30(25)32)19-20(3)18-27-31-29-23-12-8-6-10-21(23)15-17-26(29)34(27)5-2/h6-19H,4-5H2,1-3H3/q+1/p+1. The van der Waals surface area contributed by atoms with E-state index in [0.29, 0.717) is 0 Å². The Morgan fingerprint density at radius 2 is 1.62 bits per heavy atom. The summed E-state index contributed by atoms with van der Waals surface area (Å²) < 4.78 is 3.81. The second kappa shape index (κ2) is 8.61. The SMILES string of the molecule is CC[n+]1c(C=C(C)C=C2Nc3c(ccc4ccccc34)[S+]2CC)sc2ccc3ccccc3c21. The summed E-state index contributed by atoms with van der Waals surface area (Å²) in [5, 5.41) is 11.7. The number of nitrogens with one attached hydrogen (secondary N) is 1. The molecule has 0 saturated carbocycles. The van der Waals surface area contributed by atoms with Crippen LogP contribution in [0, 0.1) is 0 Å². The molecule has 5 aromatic rings. The van der Waals surface area contributed by atoms with E-state index in [0.717, 1.165) is 12.3 Å². The molecule has 0 aliphatic carbocycles. The quantitative estimate of drug-likeness (QED) is 0.204. The second-order valence-electron chi connectivity index (χ2n) is 8.68. The predicted octanol–water partition coefficient (Wildman–Crippen LogP) is 7.88. The van der Waals surface area contributed by atoms with Crippen molar-refractivity contribution in [2.75, 3.05) is 11.1 Å². The molecule has 4 aromatic carbocycles. The molecule has 6 rings (SSSR count). The lowest BCUT2D eigenvalue weighted by molar-refractivity contribution is -0.664. The number of benzene rings is 4. The molecule has 4 heteroatoms. The van der Waals surface area contributed by atoms with Gasteiger partial charge in [0.25, 0.3) is 5.01 Å². The monoisotopic (exact) mass is 480 g/mol. The molecule has 0 fully saturated rings. The summed E-state index contributed by atoms with van der Waals surface area (Å²) in [5.41, 5.74) is 3.92. The Labute approximate surface area is 207 Å². The van der Waals surface area contributed by atoms with E-state index in [1.807, 2.05) is 11.3 Å². The zero-order chi connectivity index (χ0) is 23.2. The van der Waals surface area contributed by atoms with Crippen LogP contribution in [0.15, 0.2) is 94.4 Å². The van der Waals surface area contributed by atoms with Gasteiger partial charge in [-0.2, -0.15) is 4.57 Å². The minimum Gasteiger partial charge on any atom is -0.311 e. The lowest BCUT2D eigenvalue weighted by Gasteiger charge is -2.01. The van der Waals surface area contributed by atoms with Crippen LogP contribution in [0.25, 0.3) is 37.8 Å². The number of hydrogen-bond acceptors (Lipinski definition) is 2. The molecule has 1 aliphatic heterocycles. The smallest absolute Gasteiger partial charge is 0.263 e. The van der Waals surface area contributed by atoms with Gasteiger partial charge in [-0.25, -0.2) is 0 Å². The van der Waals surface area contributed by atoms with Crippen LogP contribution in [-0.4, -0.2) is 5.75 Å². The van der Waals surface area contributed by atoms with Crippen molar-refractivity contribution in [1.82, 2.24) is 0 Å². The van der Waals surface area contributed by atoms with Crippen LogP contribution in [0.4, 0.5) is 5.69 Å². The maximum atomic E-state index is 3.80. The summed E-state index contributed by atoms with van der Waals surface area (Å²) in [6.07, 6.45) is 4.72. The normalized spacial score (nSPS) is 17.1. The molecule has 0 bridgehead atoms. The van der Waals surface area contributed by atoms with Gasteiger partial charge in [-0.3, -0.25) is 0 Å². The molecular formula is C30H28N2S2+2. The Bertz CT molecular complexity index is 1620. The molecule has 0 spiro atoms. The maximum Gasteiger partial charge on any atom is 0.263 e. The zero-order valence-corrected chi connectivity index (χ0v) is 21.4. The van der Waals surface area contributed by atoms with Crippen LogP contribution < -0.4 is 9.88 Å². The van der Waals surface area contributed by atoms with E-state index in [1.54, 1.807) is 0 Å². The number of thiazole rings is 1. The summed E-state index contributed by atoms with van der Waals surface area (Å²) in [7, 11) is 0.0837. The minimum absolute atomic E-state index is 0.0837. The van der Waals surface area contributed by atoms with Crippen molar-refractivity contribution in [2.24, 2.45) is 0 Å². The summed E-state index contributed by atoms with van der Waals surface area (Å²) in [5.74, 6) is 1.11. The van der Waals surface area contributed by atoms with Crippen molar-refractivity contribution in [2.45, 2.75) is 32.2 Å². The van der Waals surface area contributed by atoms with Crippen LogP contribution in [0.5, 0.6) is 0 Å². The number of aryl methyl sites for hydroxylation is 1. The molecule has 2 heterocycles. The Hall–Kier alpha value is -3.08. The number of fused-ring (bicyclic) bond motifs is 6. The number of allylic oxidation sites excluding steroid dienone is 2. The van der Waals surface area contributed by atoms with E-state index in [-0.39, 0.29) is 10.9 Å². The lowest BCUT2D eigenvalue weighted by atomic mass is 10.1. The van der Waals surface area contributed by atoms with E-state index < -0.39 is 0 Å². The molecule has 2 nitrogen and oxygen atoms in total. The highest BCUT2D eigenvalue weighted by atomic mass is 32.2. The number of hydrogen-bond donors (Lipinski definition) is 1. The largest absolute Gasteiger partial charge is 0.311 e. The van der Waals surface area contributed by atoms with Crippen molar-refractivity contribution in [3.8, 4) is 0 Å². The fraction of sp³-hybridized carbons (Fsp3) is 0.167. The first-order valence-corrected chi connectivity index (χ1v) is 14.1. The summed E-state index contributed by atoms with van der Waals surface area (Å²) >= 11 is 1.88. The first kappa shape index (κ1) is 21.5. The molecule has 0 amide bonds. The van der Waals surface area contributed by atoms with Gasteiger partial charge < -0.3 is 5.32 Å². The van der Waals surface area contributed by atoms with Gasteiger partial charge in [0.2, 0.25) is 10.5 Å². The van der Waals surface area contributed by atoms with E-state index >= 15 is 0 Å². The van der Waals surface area contributed by atoms with Gasteiger partial charge in [0.05, 0.1) is 16.3 Å². The van der Waals surface area contributed by atoms with Crippen LogP contribution in [0.2, 0.25) is 0 Å². The molecular weight excluding hydrogens is 452 g/mol. The van der Waals surface area contributed by atoms with E-state index in [2.05, 4.69) is 116 Å². The Morgan fingerprint density at radius 1 is 0.912 bits per heavy atom. The molecule has 34 heavy (non-hydrogen) atoms. The Balaban J connectivity index is 1.43. The third kappa shape index (κ3) is 3.44. The minimum atomic E-state index is 0.0837. The maximum absolute atomic E-state index is 3.80. The van der Waals surface area contributed by atoms with Gasteiger partial charge in [0.15, 0.2) is 4.90 Å². The third-order valence-electron chi connectivity index (χ3n) is 6.60. The molecule has 1 aliphatic rings. The molecule has 1 atom stereocenters. The molecule has 1 aromatic heterocycles. The van der Waals surface area contributed by atoms with Gasteiger partial charge in [0, 0.05) is 17.5 Å². The van der Waals surface area contributed by atoms with E-state index in [1.165, 1.54) is 58.0 Å². The van der Waals surface area contributed by atoms with Crippen molar-refractivity contribution in [3.05, 3.63) is 94.5 Å². The van der Waals surface area contributed by atoms with Gasteiger partial charge in [-0.15, -0.1) is 0 Å². The second-order valence-corrected chi connectivity index (χ2v) is 12.0. The Kier molecular flexibility index (Phi) is 5.43. The van der Waals surface area contributed by atoms with Gasteiger partial charge >= 0.3 is 0 Å². The summed E-state index contributed by atoms with van der Waals surface area (Å²) in [6, 6.07) is 26.5. The van der Waals surface area contributed by atoms with E-state index in [9.17, 15) is 0 Å². The molecule has 1 N–H and O–H groups in total. The number of nitrogens with zero attached hydrogens (tertiary/aromatic N) is 1. The average Bonchev–Trinajstić information content (AvgIpc) is 3.40. The van der Waals surface area contributed by atoms with Crippen LogP contribution in [0.3, 0.4) is 0 Å². The summed E-state index contributed by atoms with van der Waals surface area (Å²) in [6.45, 7) is 7.73. The van der Waals surface area contributed by atoms with Crippen LogP contribution in [-0.2, 0) is 17.4 Å². The number of aromatic nitrogens is 1. The topological polar surface area (TPSA) is 15.9 Å². The van der Waals surface area contributed by atoms with Crippen LogP contribution >= 0.6 is 11.3 Å². The first-order valence-electron chi connectivity index (χ1n) is 11.9. The zero-order valence-electron chi connectivity index (χ0n) is 19.8. The van der Waals surface area contributed by atoms with Gasteiger partial charge in [-0.1, -0.05) is 59.9 Å². The van der Waals surface area contributed by atoms with E-state index in [4.69, 9.17) is 0 Å². The fourth-order valence-corrected chi connectivity index (χ4v) is 8.35. The van der Waals surface area contributed by atoms with Crippen molar-refractivity contribution in [3.63, 3.8) is 0 Å². The highest BCUT2D eigenvalue weighted by Gasteiger charge is 2.37. The fourth-order valence-electron chi connectivity index (χ4n) is 5.05. The Morgan fingerprint density at radius 3 is 2.38 bits per heavy atom. The average molecular weight is 481 g/mol. The molecule has 0 saturated heterocycles. The lowest BCUT2D eigenvalue weighted by Crippen LogP contribution is -2.33. The highest BCUT2D eigenvalue weighted by Crippen LogP contribution is 2.42. The van der Waals surface area contributed by atoms with Crippen molar-refractivity contribution < 1.29 is 4.57 Å². The first-order chi connectivity index (χ1) is 16.7. The highest BCUT2D eigenvalue weighted by molar-refractivity contribution is 8.01. The van der Waals surface area contributed by atoms with Crippen LogP contribution in [0.1, 0.15) is 25.8 Å². The number of anilines is 1. The predicted molar refractivity (Wildman–Crippen MR) is 151 cm³/mol. The molecule has 168 valence electrons. The van der Waals surface area contributed by atoms with Crippen molar-refractivity contribution >= 4 is 65.8 Å². The third-order valence-corrected chi connectivity index (χ3v) is 9.89. The van der Waals surface area contributed by atoms with Crippen molar-refractivity contribution in [1.29, 1.82) is 0 Å². The number of rotatable bonds is 4. The molecule has 1 unspecified atom stereocenters. The summed E-state index contributed by atoms with van der Waals surface area (Å²) in [4.78, 5) is 1.44. The van der Waals surface area contributed by atoms with Gasteiger partial charge in [-0.05, 0) is 61.4 Å². The molecule has 0 radical (unpaired) electrons. The van der Waals surface area contributed by atoms with Gasteiger partial charge in [0.1, 0.15) is 22.7 Å².